The lowest BCUT2D eigenvalue weighted by molar-refractivity contribution is -0.667. The normalized spacial score (nSPS) is 20.2. The number of nitrogens with one attached hydrogen (secondary N) is 1. The smallest absolute Gasteiger partial charge is 0.434 e. The Morgan fingerprint density at radius 2 is 1.83 bits per heavy atom. The number of aliphatic imine (C=N–C) groups is 1. The highest BCUT2D eigenvalue weighted by Crippen LogP contribution is 2.32. The van der Waals surface area contributed by atoms with E-state index < -0.39 is 25.6 Å². The summed E-state index contributed by atoms with van der Waals surface area (Å²) in [5.74, 6) is 0.262. The second-order valence-corrected chi connectivity index (χ2v) is 6.90. The molecule has 3 N–H and O–H groups in total. The monoisotopic (exact) mass is 421 g/mol. The van der Waals surface area contributed by atoms with Gasteiger partial charge in [0.2, 0.25) is 33.7 Å². The number of quaternary nitrogens is 1. The SMILES string of the molecule is COc1cc(OC)nc(NC(=O)[N+]2(C)C=NC(S(N)(=O)=O)=C2Br)n1. The van der Waals surface area contributed by atoms with Crippen LogP contribution in [0.3, 0.4) is 0 Å². The van der Waals surface area contributed by atoms with Crippen LogP contribution in [0.1, 0.15) is 0 Å². The number of amides is 2. The van der Waals surface area contributed by atoms with Crippen molar-refractivity contribution in [3.63, 3.8) is 0 Å². The lowest BCUT2D eigenvalue weighted by atomic mass is 10.5. The van der Waals surface area contributed by atoms with Crippen LogP contribution >= 0.6 is 15.9 Å². The number of primary sulfonamides is 1. The molecule has 24 heavy (non-hydrogen) atoms. The highest BCUT2D eigenvalue weighted by molar-refractivity contribution is 9.11. The van der Waals surface area contributed by atoms with Gasteiger partial charge in [-0.2, -0.15) is 19.4 Å². The van der Waals surface area contributed by atoms with Crippen molar-refractivity contribution < 1.29 is 27.2 Å². The van der Waals surface area contributed by atoms with Gasteiger partial charge in [0, 0.05) is 15.9 Å². The van der Waals surface area contributed by atoms with Crippen molar-refractivity contribution in [2.24, 2.45) is 10.1 Å². The standard InChI is InChI=1S/C11H13BrN6O5S/c1-18(5-14-9(8(18)12)24(13,20)21)11(19)17-10-15-6(22-2)4-7(16-10)23-3/h4-5H,1-3H3,(H2-,13,15,16,17,19,20,21)/p+1. The molecule has 130 valence electrons. The maximum absolute atomic E-state index is 12.5. The average molecular weight is 422 g/mol. The summed E-state index contributed by atoms with van der Waals surface area (Å²) in [6.45, 7) is 0. The zero-order valence-corrected chi connectivity index (χ0v) is 15.3. The largest absolute Gasteiger partial charge is 0.481 e. The molecular formula is C11H14BrN6O5S+. The molecule has 2 rings (SSSR count). The van der Waals surface area contributed by atoms with Crippen LogP contribution in [0.2, 0.25) is 0 Å². The molecule has 1 aliphatic heterocycles. The predicted molar refractivity (Wildman–Crippen MR) is 87.9 cm³/mol. The van der Waals surface area contributed by atoms with Gasteiger partial charge in [0.15, 0.2) is 0 Å². The van der Waals surface area contributed by atoms with Crippen molar-refractivity contribution in [3.8, 4) is 11.8 Å². The number of anilines is 1. The Labute approximate surface area is 146 Å². The first kappa shape index (κ1) is 18.3. The first-order chi connectivity index (χ1) is 11.1. The number of ether oxygens (including phenoxy) is 2. The van der Waals surface area contributed by atoms with Gasteiger partial charge in [-0.3, -0.25) is 0 Å². The molecule has 0 aliphatic carbocycles. The highest BCUT2D eigenvalue weighted by atomic mass is 79.9. The molecule has 1 aliphatic rings. The van der Waals surface area contributed by atoms with Crippen LogP contribution in [0.25, 0.3) is 0 Å². The van der Waals surface area contributed by atoms with E-state index in [2.05, 4.69) is 36.2 Å². The maximum atomic E-state index is 12.5. The number of rotatable bonds is 4. The lowest BCUT2D eigenvalue weighted by Crippen LogP contribution is -2.47. The topological polar surface area (TPSA) is 146 Å². The number of methoxy groups -OCH3 is 2. The summed E-state index contributed by atoms with van der Waals surface area (Å²) in [5.41, 5.74) is 0. The van der Waals surface area contributed by atoms with Gasteiger partial charge >= 0.3 is 6.03 Å². The van der Waals surface area contributed by atoms with Gasteiger partial charge < -0.3 is 9.47 Å². The van der Waals surface area contributed by atoms with E-state index >= 15 is 0 Å². The van der Waals surface area contributed by atoms with E-state index in [1.807, 2.05) is 0 Å². The van der Waals surface area contributed by atoms with Crippen molar-refractivity contribution in [1.82, 2.24) is 9.97 Å². The molecule has 13 heteroatoms. The van der Waals surface area contributed by atoms with Gasteiger partial charge in [-0.25, -0.2) is 23.7 Å². The molecule has 0 saturated carbocycles. The molecule has 0 saturated heterocycles. The number of nitrogens with zero attached hydrogens (tertiary/aromatic N) is 4. The molecule has 1 aromatic rings. The highest BCUT2D eigenvalue weighted by Gasteiger charge is 2.44. The summed E-state index contributed by atoms with van der Waals surface area (Å²) >= 11 is 3.05. The molecule has 0 bridgehead atoms. The molecular weight excluding hydrogens is 408 g/mol. The van der Waals surface area contributed by atoms with Crippen LogP contribution in [0.5, 0.6) is 11.8 Å². The number of sulfonamides is 1. The zero-order chi connectivity index (χ0) is 18.1. The summed E-state index contributed by atoms with van der Waals surface area (Å²) < 4.78 is 32.2. The second-order valence-electron chi connectivity index (χ2n) is 4.67. The third kappa shape index (κ3) is 3.38. The Morgan fingerprint density at radius 3 is 2.25 bits per heavy atom. The second kappa shape index (κ2) is 6.43. The van der Waals surface area contributed by atoms with Crippen LogP contribution in [0.4, 0.5) is 10.7 Å². The fourth-order valence-electron chi connectivity index (χ4n) is 1.68. The van der Waals surface area contributed by atoms with Crippen molar-refractivity contribution in [3.05, 3.63) is 15.7 Å². The Kier molecular flexibility index (Phi) is 4.89. The Hall–Kier alpha value is -2.09. The third-order valence-corrected chi connectivity index (χ3v) is 5.21. The summed E-state index contributed by atoms with van der Waals surface area (Å²) in [4.78, 5) is 24.1. The van der Waals surface area contributed by atoms with Crippen molar-refractivity contribution in [2.75, 3.05) is 26.6 Å². The fourth-order valence-corrected chi connectivity index (χ4v) is 3.33. The van der Waals surface area contributed by atoms with E-state index in [0.29, 0.717) is 0 Å². The summed E-state index contributed by atoms with van der Waals surface area (Å²) in [5, 5.41) is 7.05. The van der Waals surface area contributed by atoms with E-state index in [1.165, 1.54) is 27.3 Å². The molecule has 2 heterocycles. The average Bonchev–Trinajstić information content (AvgIpc) is 2.83. The van der Waals surface area contributed by atoms with Crippen LogP contribution < -0.4 is 19.9 Å². The van der Waals surface area contributed by atoms with Gasteiger partial charge in [-0.1, -0.05) is 0 Å². The number of hydrogen-bond acceptors (Lipinski definition) is 8. The van der Waals surface area contributed by atoms with Crippen LogP contribution in [0.15, 0.2) is 20.7 Å². The number of urea groups is 1. The van der Waals surface area contributed by atoms with Gasteiger partial charge in [0.05, 0.1) is 27.3 Å². The van der Waals surface area contributed by atoms with Crippen LogP contribution in [0, 0.1) is 0 Å². The third-order valence-electron chi connectivity index (χ3n) is 3.00. The molecule has 0 aromatic carbocycles. The number of aromatic nitrogens is 2. The molecule has 1 atom stereocenters. The Balaban J connectivity index is 2.34. The van der Waals surface area contributed by atoms with E-state index in [-0.39, 0.29) is 22.3 Å². The first-order valence-electron chi connectivity index (χ1n) is 6.25. The predicted octanol–water partition coefficient (Wildman–Crippen LogP) is 0.324. The Morgan fingerprint density at radius 1 is 1.29 bits per heavy atom. The Bertz CT molecular complexity index is 832. The minimum absolute atomic E-state index is 0.0441. The summed E-state index contributed by atoms with van der Waals surface area (Å²) in [6.07, 6.45) is 1.11. The minimum atomic E-state index is -4.08. The number of nitrogens with two attached hydrogens (primary N) is 1. The van der Waals surface area contributed by atoms with Crippen molar-refractivity contribution in [2.45, 2.75) is 0 Å². The van der Waals surface area contributed by atoms with E-state index in [0.717, 1.165) is 6.34 Å². The quantitative estimate of drug-likeness (QED) is 0.525. The van der Waals surface area contributed by atoms with E-state index in [9.17, 15) is 13.2 Å². The number of carbonyl (C=O) groups excluding carboxylic acids is 1. The van der Waals surface area contributed by atoms with Crippen molar-refractivity contribution >= 4 is 44.3 Å². The van der Waals surface area contributed by atoms with E-state index in [4.69, 9.17) is 14.6 Å². The maximum Gasteiger partial charge on any atom is 0.434 e. The number of hydrogen-bond donors (Lipinski definition) is 2. The van der Waals surface area contributed by atoms with Gasteiger partial charge in [0.1, 0.15) is 0 Å². The van der Waals surface area contributed by atoms with Gasteiger partial charge in [-0.05, 0) is 0 Å². The molecule has 0 spiro atoms. The van der Waals surface area contributed by atoms with Crippen LogP contribution in [-0.4, -0.2) is 56.5 Å². The molecule has 1 unspecified atom stereocenters. The van der Waals surface area contributed by atoms with Gasteiger partial charge in [0.25, 0.3) is 10.0 Å². The number of halogens is 1. The van der Waals surface area contributed by atoms with Gasteiger partial charge in [-0.15, -0.1) is 0 Å². The summed E-state index contributed by atoms with van der Waals surface area (Å²) in [6, 6.07) is 0.748. The lowest BCUT2D eigenvalue weighted by Gasteiger charge is -2.21. The molecule has 0 radical (unpaired) electrons. The molecule has 11 nitrogen and oxygen atoms in total. The fraction of sp³-hybridized carbons (Fsp3) is 0.273. The molecule has 1 aromatic heterocycles. The first-order valence-corrected chi connectivity index (χ1v) is 8.59. The zero-order valence-electron chi connectivity index (χ0n) is 12.8. The molecule has 2 amide bonds. The van der Waals surface area contributed by atoms with E-state index in [1.54, 1.807) is 0 Å². The summed E-state index contributed by atoms with van der Waals surface area (Å²) in [7, 11) is 0.109. The minimum Gasteiger partial charge on any atom is -0.481 e. The van der Waals surface area contributed by atoms with Crippen molar-refractivity contribution in [1.29, 1.82) is 0 Å². The van der Waals surface area contributed by atoms with Crippen LogP contribution in [-0.2, 0) is 10.0 Å². The molecule has 0 fully saturated rings. The number of carbonyl (C=O) groups is 1.